The minimum Gasteiger partial charge on any atom is -0.373 e. The van der Waals surface area contributed by atoms with E-state index in [-0.39, 0.29) is 17.3 Å². The van der Waals surface area contributed by atoms with E-state index in [0.717, 1.165) is 6.42 Å². The van der Waals surface area contributed by atoms with E-state index in [1.54, 1.807) is 0 Å². The fourth-order valence-electron chi connectivity index (χ4n) is 1.54. The highest BCUT2D eigenvalue weighted by atomic mass is 16.5. The molecule has 0 aromatic heterocycles. The van der Waals surface area contributed by atoms with E-state index < -0.39 is 5.60 Å². The van der Waals surface area contributed by atoms with Gasteiger partial charge in [0.2, 0.25) is 0 Å². The summed E-state index contributed by atoms with van der Waals surface area (Å²) in [5.41, 5.74) is -0.540. The molecular formula is C15H30O3. The highest BCUT2D eigenvalue weighted by molar-refractivity contribution is 5.81. The van der Waals surface area contributed by atoms with E-state index in [0.29, 0.717) is 19.6 Å². The molecule has 0 spiro atoms. The van der Waals surface area contributed by atoms with Crippen molar-refractivity contribution < 1.29 is 14.3 Å². The molecule has 0 bridgehead atoms. The fraction of sp³-hybridized carbons (Fsp3) is 0.933. The van der Waals surface area contributed by atoms with Crippen molar-refractivity contribution in [2.45, 2.75) is 72.5 Å². The third-order valence-electron chi connectivity index (χ3n) is 2.87. The van der Waals surface area contributed by atoms with E-state index in [2.05, 4.69) is 0 Å². The van der Waals surface area contributed by atoms with Crippen molar-refractivity contribution in [1.29, 1.82) is 0 Å². The Morgan fingerprint density at radius 1 is 1.06 bits per heavy atom. The Labute approximate surface area is 112 Å². The first kappa shape index (κ1) is 17.6. The Bertz CT molecular complexity index is 251. The second-order valence-electron chi connectivity index (χ2n) is 6.52. The van der Waals surface area contributed by atoms with Crippen molar-refractivity contribution in [2.24, 2.45) is 5.92 Å². The van der Waals surface area contributed by atoms with Crippen LogP contribution in [-0.2, 0) is 14.3 Å². The lowest BCUT2D eigenvalue weighted by Crippen LogP contribution is -2.32. The topological polar surface area (TPSA) is 35.5 Å². The molecule has 3 heteroatoms. The summed E-state index contributed by atoms with van der Waals surface area (Å²) in [6.07, 6.45) is 1.36. The van der Waals surface area contributed by atoms with Crippen LogP contribution in [0.3, 0.4) is 0 Å². The molecule has 0 aromatic carbocycles. The summed E-state index contributed by atoms with van der Waals surface area (Å²) in [5, 5.41) is 0. The molecule has 18 heavy (non-hydrogen) atoms. The number of rotatable bonds is 8. The smallest absolute Gasteiger partial charge is 0.138 e. The number of Topliss-reactive ketones (excluding diaryl/α,β-unsaturated/α-hetero) is 1. The van der Waals surface area contributed by atoms with Crippen LogP contribution in [-0.4, -0.2) is 30.2 Å². The van der Waals surface area contributed by atoms with Crippen LogP contribution in [0.25, 0.3) is 0 Å². The average Bonchev–Trinajstić information content (AvgIpc) is 2.21. The van der Waals surface area contributed by atoms with Gasteiger partial charge < -0.3 is 9.47 Å². The molecule has 0 aromatic rings. The van der Waals surface area contributed by atoms with E-state index in [4.69, 9.17) is 9.47 Å². The Kier molecular flexibility index (Phi) is 7.08. The Balaban J connectivity index is 3.97. The zero-order valence-corrected chi connectivity index (χ0v) is 13.1. The van der Waals surface area contributed by atoms with Crippen LogP contribution in [0.15, 0.2) is 0 Å². The molecule has 0 aliphatic rings. The Morgan fingerprint density at radius 3 is 2.00 bits per heavy atom. The van der Waals surface area contributed by atoms with Crippen LogP contribution in [0.2, 0.25) is 0 Å². The van der Waals surface area contributed by atoms with Gasteiger partial charge in [-0.15, -0.1) is 0 Å². The van der Waals surface area contributed by atoms with Gasteiger partial charge in [-0.05, 0) is 41.0 Å². The number of hydrogen-bond donors (Lipinski definition) is 0. The van der Waals surface area contributed by atoms with E-state index in [1.807, 2.05) is 48.5 Å². The summed E-state index contributed by atoms with van der Waals surface area (Å²) >= 11 is 0. The van der Waals surface area contributed by atoms with Gasteiger partial charge in [0.1, 0.15) is 5.78 Å². The normalized spacial score (nSPS) is 14.6. The lowest BCUT2D eigenvalue weighted by molar-refractivity contribution is -0.131. The van der Waals surface area contributed by atoms with Crippen molar-refractivity contribution in [1.82, 2.24) is 0 Å². The molecule has 0 fully saturated rings. The second kappa shape index (κ2) is 7.25. The molecule has 0 aliphatic carbocycles. The minimum atomic E-state index is -0.401. The summed E-state index contributed by atoms with van der Waals surface area (Å²) in [5.74, 6) is 0.401. The predicted octanol–water partition coefficient (Wildman–Crippen LogP) is 3.60. The molecule has 0 rings (SSSR count). The van der Waals surface area contributed by atoms with Crippen LogP contribution >= 0.6 is 0 Å². The lowest BCUT2D eigenvalue weighted by Gasteiger charge is -2.27. The van der Waals surface area contributed by atoms with Gasteiger partial charge in [-0.3, -0.25) is 4.79 Å². The van der Waals surface area contributed by atoms with Crippen molar-refractivity contribution in [3.05, 3.63) is 0 Å². The summed E-state index contributed by atoms with van der Waals surface area (Å²) in [6, 6.07) is 0. The van der Waals surface area contributed by atoms with Gasteiger partial charge in [0.05, 0.1) is 24.4 Å². The molecule has 0 saturated carbocycles. The van der Waals surface area contributed by atoms with Crippen LogP contribution in [0.5, 0.6) is 0 Å². The summed E-state index contributed by atoms with van der Waals surface area (Å²) in [4.78, 5) is 11.9. The van der Waals surface area contributed by atoms with Gasteiger partial charge in [-0.2, -0.15) is 0 Å². The molecule has 0 amide bonds. The third-order valence-corrected chi connectivity index (χ3v) is 2.87. The van der Waals surface area contributed by atoms with Crippen LogP contribution in [0.1, 0.15) is 61.3 Å². The maximum Gasteiger partial charge on any atom is 0.138 e. The van der Waals surface area contributed by atoms with E-state index in [9.17, 15) is 4.79 Å². The first-order valence-corrected chi connectivity index (χ1v) is 6.88. The molecule has 1 atom stereocenters. The van der Waals surface area contributed by atoms with Gasteiger partial charge in [0.25, 0.3) is 0 Å². The summed E-state index contributed by atoms with van der Waals surface area (Å²) in [7, 11) is 0. The van der Waals surface area contributed by atoms with Gasteiger partial charge >= 0.3 is 0 Å². The van der Waals surface area contributed by atoms with Gasteiger partial charge in [-0.25, -0.2) is 0 Å². The van der Waals surface area contributed by atoms with E-state index in [1.165, 1.54) is 0 Å². The van der Waals surface area contributed by atoms with Gasteiger partial charge in [0, 0.05) is 12.3 Å². The molecule has 108 valence electrons. The molecule has 0 radical (unpaired) electrons. The molecular weight excluding hydrogens is 228 g/mol. The zero-order valence-electron chi connectivity index (χ0n) is 13.1. The van der Waals surface area contributed by atoms with Crippen LogP contribution in [0.4, 0.5) is 0 Å². The summed E-state index contributed by atoms with van der Waals surface area (Å²) in [6.45, 7) is 15.1. The predicted molar refractivity (Wildman–Crippen MR) is 74.8 cm³/mol. The van der Waals surface area contributed by atoms with Gasteiger partial charge in [-0.1, -0.05) is 13.8 Å². The molecule has 3 nitrogen and oxygen atoms in total. The minimum absolute atomic E-state index is 0.124. The van der Waals surface area contributed by atoms with Crippen molar-refractivity contribution in [3.8, 4) is 0 Å². The van der Waals surface area contributed by atoms with Crippen molar-refractivity contribution in [3.63, 3.8) is 0 Å². The highest BCUT2D eigenvalue weighted by Crippen LogP contribution is 2.19. The average molecular weight is 258 g/mol. The molecule has 0 N–H and O–H groups in total. The third kappa shape index (κ3) is 8.65. The number of ether oxygens (including phenoxy) is 2. The Hall–Kier alpha value is -0.410. The maximum absolute atomic E-state index is 11.9. The van der Waals surface area contributed by atoms with Gasteiger partial charge in [0.15, 0.2) is 0 Å². The Morgan fingerprint density at radius 2 is 1.56 bits per heavy atom. The quantitative estimate of drug-likeness (QED) is 0.624. The van der Waals surface area contributed by atoms with Crippen LogP contribution < -0.4 is 0 Å². The fourth-order valence-corrected chi connectivity index (χ4v) is 1.54. The monoisotopic (exact) mass is 258 g/mol. The number of hydrogen-bond acceptors (Lipinski definition) is 3. The highest BCUT2D eigenvalue weighted by Gasteiger charge is 2.25. The molecule has 0 heterocycles. The molecule has 0 aliphatic heterocycles. The number of ketones is 1. The maximum atomic E-state index is 11.9. The van der Waals surface area contributed by atoms with Crippen molar-refractivity contribution in [2.75, 3.05) is 13.2 Å². The SMILES string of the molecule is CCC(C)C(=O)CC(C)(C)OCCOC(C)(C)C. The first-order valence-electron chi connectivity index (χ1n) is 6.88. The number of carbonyl (C=O) groups excluding carboxylic acids is 1. The molecule has 1 unspecified atom stereocenters. The standard InChI is InChI=1S/C15H30O3/c1-8-12(2)13(16)11-15(6,7)18-10-9-17-14(3,4)5/h12H,8-11H2,1-7H3. The number of carbonyl (C=O) groups is 1. The van der Waals surface area contributed by atoms with E-state index >= 15 is 0 Å². The largest absolute Gasteiger partial charge is 0.373 e. The molecule has 0 saturated heterocycles. The lowest BCUT2D eigenvalue weighted by atomic mass is 9.93. The zero-order chi connectivity index (χ0) is 14.4. The second-order valence-corrected chi connectivity index (χ2v) is 6.52. The van der Waals surface area contributed by atoms with Crippen LogP contribution in [0, 0.1) is 5.92 Å². The first-order chi connectivity index (χ1) is 8.07. The summed E-state index contributed by atoms with van der Waals surface area (Å²) < 4.78 is 11.3. The van der Waals surface area contributed by atoms with Crippen molar-refractivity contribution >= 4 is 5.78 Å².